The van der Waals surface area contributed by atoms with Crippen molar-refractivity contribution in [3.8, 4) is 0 Å². The summed E-state index contributed by atoms with van der Waals surface area (Å²) < 4.78 is 27.1. The zero-order valence-corrected chi connectivity index (χ0v) is 16.5. The molecule has 0 aliphatic heterocycles. The van der Waals surface area contributed by atoms with Crippen molar-refractivity contribution in [1.29, 1.82) is 0 Å². The van der Waals surface area contributed by atoms with Crippen LogP contribution in [0.4, 0.5) is 4.79 Å². The van der Waals surface area contributed by atoms with E-state index in [1.807, 2.05) is 18.2 Å². The first kappa shape index (κ1) is 19.4. The molecule has 1 amide bonds. The summed E-state index contributed by atoms with van der Waals surface area (Å²) in [5.74, 6) is -0.270. The van der Waals surface area contributed by atoms with E-state index in [1.54, 1.807) is 26.8 Å². The van der Waals surface area contributed by atoms with Crippen molar-refractivity contribution in [3.63, 3.8) is 0 Å². The van der Waals surface area contributed by atoms with Gasteiger partial charge in [0.2, 0.25) is 0 Å². The molecule has 1 unspecified atom stereocenters. The molecule has 136 valence electrons. The quantitative estimate of drug-likeness (QED) is 0.741. The van der Waals surface area contributed by atoms with Gasteiger partial charge in [-0.1, -0.05) is 6.07 Å². The highest BCUT2D eigenvalue weighted by Gasteiger charge is 2.18. The van der Waals surface area contributed by atoms with Crippen LogP contribution in [0.25, 0.3) is 10.1 Å². The first-order chi connectivity index (χ1) is 11.5. The molecule has 0 aliphatic rings. The van der Waals surface area contributed by atoms with Crippen LogP contribution in [-0.2, 0) is 25.0 Å². The molecule has 1 aromatic carbocycles. The Hall–Kier alpha value is -1.93. The van der Waals surface area contributed by atoms with E-state index in [0.29, 0.717) is 4.88 Å². The average Bonchev–Trinajstić information content (AvgIpc) is 2.86. The summed E-state index contributed by atoms with van der Waals surface area (Å²) in [6, 6.07) is 7.24. The highest BCUT2D eigenvalue weighted by atomic mass is 32.2. The number of ether oxygens (including phenoxy) is 2. The molecule has 1 atom stereocenters. The van der Waals surface area contributed by atoms with Gasteiger partial charge in [0.05, 0.1) is 22.6 Å². The third-order valence-electron chi connectivity index (χ3n) is 3.06. The minimum Gasteiger partial charge on any atom is -0.465 e. The number of fused-ring (bicyclic) bond motifs is 1. The van der Waals surface area contributed by atoms with Crippen molar-refractivity contribution >= 4 is 43.2 Å². The van der Waals surface area contributed by atoms with E-state index in [1.165, 1.54) is 24.7 Å². The maximum absolute atomic E-state index is 12.6. The van der Waals surface area contributed by atoms with Gasteiger partial charge in [0.15, 0.2) is 0 Å². The summed E-state index contributed by atoms with van der Waals surface area (Å²) in [5, 5.41) is 0.857. The number of thiophene rings is 1. The van der Waals surface area contributed by atoms with E-state index >= 15 is 0 Å². The highest BCUT2D eigenvalue weighted by molar-refractivity contribution is 7.92. The van der Waals surface area contributed by atoms with Crippen molar-refractivity contribution in [2.75, 3.05) is 13.4 Å². The van der Waals surface area contributed by atoms with E-state index in [4.69, 9.17) is 9.47 Å². The minimum atomic E-state index is -2.78. The Morgan fingerprint density at radius 2 is 1.92 bits per heavy atom. The highest BCUT2D eigenvalue weighted by Crippen LogP contribution is 2.27. The molecule has 6 nitrogen and oxygen atoms in total. The number of hydrogen-bond acceptors (Lipinski definition) is 6. The standard InChI is InChI=1S/C17H21NO5S2/c1-17(2,3)23-16(20)18-25(5,21)10-11-6-7-13-12(8-11)9-14(24-13)15(19)22-4/h6-9H,10H2,1-5H3. The Morgan fingerprint density at radius 3 is 2.52 bits per heavy atom. The number of rotatable bonds is 3. The molecule has 8 heteroatoms. The van der Waals surface area contributed by atoms with Crippen molar-refractivity contribution < 1.29 is 23.3 Å². The van der Waals surface area contributed by atoms with Crippen molar-refractivity contribution in [3.05, 3.63) is 34.7 Å². The molecule has 2 aromatic rings. The number of amides is 1. The Morgan fingerprint density at radius 1 is 1.24 bits per heavy atom. The lowest BCUT2D eigenvalue weighted by atomic mass is 10.2. The van der Waals surface area contributed by atoms with Gasteiger partial charge in [-0.3, -0.25) is 0 Å². The van der Waals surface area contributed by atoms with Crippen LogP contribution in [0.1, 0.15) is 36.0 Å². The van der Waals surface area contributed by atoms with Crippen LogP contribution in [0, 0.1) is 0 Å². The predicted octanol–water partition coefficient (Wildman–Crippen LogP) is 4.22. The van der Waals surface area contributed by atoms with Crippen LogP contribution in [0.2, 0.25) is 0 Å². The van der Waals surface area contributed by atoms with E-state index in [-0.39, 0.29) is 11.7 Å². The number of nitrogens with zero attached hydrogens (tertiary/aromatic N) is 1. The summed E-state index contributed by atoms with van der Waals surface area (Å²) in [5.41, 5.74) is 0.0808. The molecule has 2 rings (SSSR count). The molecule has 0 saturated heterocycles. The summed E-state index contributed by atoms with van der Waals surface area (Å²) in [6.45, 7) is 5.17. The summed E-state index contributed by atoms with van der Waals surface area (Å²) >= 11 is 1.33. The van der Waals surface area contributed by atoms with Crippen LogP contribution in [0.5, 0.6) is 0 Å². The van der Waals surface area contributed by atoms with Crippen LogP contribution in [-0.4, -0.2) is 35.2 Å². The average molecular weight is 383 g/mol. The molecule has 0 saturated carbocycles. The Bertz CT molecular complexity index is 930. The fraction of sp³-hybridized carbons (Fsp3) is 0.412. The van der Waals surface area contributed by atoms with Gasteiger partial charge in [0.1, 0.15) is 10.5 Å². The van der Waals surface area contributed by atoms with Crippen molar-refractivity contribution in [1.82, 2.24) is 0 Å². The predicted molar refractivity (Wildman–Crippen MR) is 99.6 cm³/mol. The molecule has 0 radical (unpaired) electrons. The fourth-order valence-electron chi connectivity index (χ4n) is 2.16. The third kappa shape index (κ3) is 5.54. The minimum absolute atomic E-state index is 0.117. The summed E-state index contributed by atoms with van der Waals surface area (Å²) in [7, 11) is -1.44. The van der Waals surface area contributed by atoms with Gasteiger partial charge < -0.3 is 9.47 Å². The molecule has 0 fully saturated rings. The SMILES string of the molecule is COC(=O)c1cc2cc(CS(C)(=O)=NC(=O)OC(C)(C)C)ccc2s1. The lowest BCUT2D eigenvalue weighted by molar-refractivity contribution is 0.0596. The molecule has 0 N–H and O–H groups in total. The molecule has 1 heterocycles. The molecule has 0 bridgehead atoms. The van der Waals surface area contributed by atoms with Crippen LogP contribution < -0.4 is 0 Å². The van der Waals surface area contributed by atoms with Crippen molar-refractivity contribution in [2.24, 2.45) is 4.36 Å². The number of methoxy groups -OCH3 is 1. The normalized spacial score (nSPS) is 14.0. The van der Waals surface area contributed by atoms with E-state index in [9.17, 15) is 13.8 Å². The Balaban J connectivity index is 2.25. The van der Waals surface area contributed by atoms with Gasteiger partial charge in [-0.15, -0.1) is 15.7 Å². The zero-order valence-electron chi connectivity index (χ0n) is 14.8. The summed E-state index contributed by atoms with van der Waals surface area (Å²) in [6.07, 6.45) is 0.596. The van der Waals surface area contributed by atoms with Crippen LogP contribution in [0.15, 0.2) is 28.6 Å². The number of esters is 1. The number of carbonyl (C=O) groups is 2. The molecular weight excluding hydrogens is 362 g/mol. The molecule has 0 aliphatic carbocycles. The zero-order chi connectivity index (χ0) is 18.8. The number of carbonyl (C=O) groups excluding carboxylic acids is 2. The second-order valence-corrected chi connectivity index (χ2v) is 10.1. The smallest absolute Gasteiger partial charge is 0.442 e. The third-order valence-corrected chi connectivity index (χ3v) is 5.56. The lowest BCUT2D eigenvalue weighted by Crippen LogP contribution is -2.22. The van der Waals surface area contributed by atoms with E-state index in [2.05, 4.69) is 4.36 Å². The number of benzene rings is 1. The van der Waals surface area contributed by atoms with Gasteiger partial charge in [0.25, 0.3) is 0 Å². The van der Waals surface area contributed by atoms with Gasteiger partial charge in [-0.25, -0.2) is 13.8 Å². The van der Waals surface area contributed by atoms with Crippen LogP contribution in [0.3, 0.4) is 0 Å². The van der Waals surface area contributed by atoms with Crippen LogP contribution >= 0.6 is 11.3 Å². The number of hydrogen-bond donors (Lipinski definition) is 0. The lowest BCUT2D eigenvalue weighted by Gasteiger charge is -2.17. The maximum atomic E-state index is 12.6. The Labute approximate surface area is 151 Å². The molecule has 1 aromatic heterocycles. The second-order valence-electron chi connectivity index (χ2n) is 6.65. The maximum Gasteiger partial charge on any atom is 0.442 e. The molecule has 0 spiro atoms. The topological polar surface area (TPSA) is 82.0 Å². The Kier molecular flexibility index (Phi) is 5.53. The fourth-order valence-corrected chi connectivity index (χ4v) is 4.34. The second kappa shape index (κ2) is 7.13. The largest absolute Gasteiger partial charge is 0.465 e. The van der Waals surface area contributed by atoms with E-state index in [0.717, 1.165) is 15.6 Å². The first-order valence-electron chi connectivity index (χ1n) is 7.53. The van der Waals surface area contributed by atoms with Crippen molar-refractivity contribution in [2.45, 2.75) is 32.1 Å². The van der Waals surface area contributed by atoms with E-state index < -0.39 is 21.4 Å². The first-order valence-corrected chi connectivity index (χ1v) is 10.4. The molecular formula is C17H21NO5S2. The monoisotopic (exact) mass is 383 g/mol. The van der Waals surface area contributed by atoms with Gasteiger partial charge >= 0.3 is 12.1 Å². The summed E-state index contributed by atoms with van der Waals surface area (Å²) in [4.78, 5) is 23.9. The van der Waals surface area contributed by atoms with Gasteiger partial charge in [-0.2, -0.15) is 0 Å². The molecule has 25 heavy (non-hydrogen) atoms. The van der Waals surface area contributed by atoms with Gasteiger partial charge in [-0.05, 0) is 49.9 Å². The van der Waals surface area contributed by atoms with Gasteiger partial charge in [0, 0.05) is 11.0 Å².